The van der Waals surface area contributed by atoms with Gasteiger partial charge in [-0.2, -0.15) is 0 Å². The second-order valence-electron chi connectivity index (χ2n) is 8.69. The van der Waals surface area contributed by atoms with Gasteiger partial charge in [0.05, 0.1) is 0 Å². The van der Waals surface area contributed by atoms with Gasteiger partial charge in [-0.05, 0) is 68.3 Å². The summed E-state index contributed by atoms with van der Waals surface area (Å²) in [6.45, 7) is 9.78. The van der Waals surface area contributed by atoms with E-state index in [4.69, 9.17) is 9.84 Å². The zero-order valence-electron chi connectivity index (χ0n) is 18.8. The maximum Gasteiger partial charge on any atom is 0.412 e. The molecule has 1 aromatic carbocycles. The molecule has 0 saturated carbocycles. The number of amides is 1. The van der Waals surface area contributed by atoms with Gasteiger partial charge in [0.25, 0.3) is 0 Å². The molecule has 6 nitrogen and oxygen atoms in total. The van der Waals surface area contributed by atoms with Gasteiger partial charge >= 0.3 is 12.1 Å². The number of nitrogens with zero attached hydrogens (tertiary/aromatic N) is 1. The number of carbonyl (C=O) groups is 2. The van der Waals surface area contributed by atoms with Crippen LogP contribution in [0.25, 0.3) is 0 Å². The summed E-state index contributed by atoms with van der Waals surface area (Å²) in [5.74, 6) is 0.777. The quantitative estimate of drug-likeness (QED) is 0.530. The van der Waals surface area contributed by atoms with E-state index >= 15 is 0 Å². The van der Waals surface area contributed by atoms with Gasteiger partial charge in [-0.15, -0.1) is 0 Å². The third-order valence-corrected chi connectivity index (χ3v) is 5.08. The lowest BCUT2D eigenvalue weighted by molar-refractivity contribution is -0.138. The number of benzene rings is 1. The fourth-order valence-electron chi connectivity index (χ4n) is 4.00. The molecule has 0 spiro atoms. The van der Waals surface area contributed by atoms with Crippen molar-refractivity contribution in [1.29, 1.82) is 0 Å². The van der Waals surface area contributed by atoms with Gasteiger partial charge in [-0.3, -0.25) is 4.79 Å². The molecule has 0 aliphatic heterocycles. The minimum Gasteiger partial charge on any atom is -0.481 e. The maximum absolute atomic E-state index is 12.2. The summed E-state index contributed by atoms with van der Waals surface area (Å²) in [6.07, 6.45) is 1.24. The van der Waals surface area contributed by atoms with Gasteiger partial charge in [0.2, 0.25) is 0 Å². The number of aliphatic carboxylic acids is 1. The van der Waals surface area contributed by atoms with E-state index in [1.165, 1.54) is 0 Å². The normalized spacial score (nSPS) is 14.5. The Morgan fingerprint density at radius 2 is 1.90 bits per heavy atom. The van der Waals surface area contributed by atoms with Crippen molar-refractivity contribution in [2.45, 2.75) is 52.9 Å². The molecular weight excluding hydrogens is 368 g/mol. The molecule has 0 aromatic heterocycles. The molecule has 2 N–H and O–H groups in total. The van der Waals surface area contributed by atoms with Crippen molar-refractivity contribution in [3.05, 3.63) is 29.8 Å². The second-order valence-corrected chi connectivity index (χ2v) is 8.69. The van der Waals surface area contributed by atoms with E-state index in [0.29, 0.717) is 30.0 Å². The van der Waals surface area contributed by atoms with Crippen LogP contribution in [0.5, 0.6) is 5.75 Å². The minimum atomic E-state index is -0.851. The van der Waals surface area contributed by atoms with E-state index in [0.717, 1.165) is 24.9 Å². The highest BCUT2D eigenvalue weighted by molar-refractivity contribution is 5.71. The van der Waals surface area contributed by atoms with Crippen LogP contribution in [0.15, 0.2) is 24.3 Å². The van der Waals surface area contributed by atoms with E-state index in [-0.39, 0.29) is 12.3 Å². The van der Waals surface area contributed by atoms with Crippen LogP contribution in [0.2, 0.25) is 0 Å². The van der Waals surface area contributed by atoms with Crippen LogP contribution in [0.4, 0.5) is 4.79 Å². The fraction of sp³-hybridized carbons (Fsp3) is 0.652. The predicted molar refractivity (Wildman–Crippen MR) is 116 cm³/mol. The molecule has 0 radical (unpaired) electrons. The van der Waals surface area contributed by atoms with E-state index in [1.54, 1.807) is 6.07 Å². The number of hydrogen-bond donors (Lipinski definition) is 2. The molecule has 1 rings (SSSR count). The van der Waals surface area contributed by atoms with Crippen molar-refractivity contribution in [2.75, 3.05) is 27.2 Å². The Labute approximate surface area is 175 Å². The molecule has 0 heterocycles. The molecule has 3 unspecified atom stereocenters. The van der Waals surface area contributed by atoms with Crippen molar-refractivity contribution >= 4 is 12.1 Å². The Hall–Kier alpha value is -2.08. The van der Waals surface area contributed by atoms with Gasteiger partial charge in [-0.1, -0.05) is 39.8 Å². The first kappa shape index (κ1) is 25.0. The highest BCUT2D eigenvalue weighted by atomic mass is 16.6. The van der Waals surface area contributed by atoms with Crippen molar-refractivity contribution in [3.8, 4) is 5.75 Å². The molecular formula is C23H38N2O4. The summed E-state index contributed by atoms with van der Waals surface area (Å²) >= 11 is 0. The van der Waals surface area contributed by atoms with Gasteiger partial charge in [-0.25, -0.2) is 4.79 Å². The highest BCUT2D eigenvalue weighted by Gasteiger charge is 2.20. The van der Waals surface area contributed by atoms with Crippen molar-refractivity contribution in [1.82, 2.24) is 10.2 Å². The summed E-state index contributed by atoms with van der Waals surface area (Å²) in [4.78, 5) is 25.4. The van der Waals surface area contributed by atoms with Crippen LogP contribution < -0.4 is 10.1 Å². The van der Waals surface area contributed by atoms with Gasteiger partial charge in [0.15, 0.2) is 0 Å². The molecule has 0 bridgehead atoms. The van der Waals surface area contributed by atoms with E-state index in [9.17, 15) is 9.59 Å². The lowest BCUT2D eigenvalue weighted by Gasteiger charge is -2.26. The molecule has 0 saturated heterocycles. The molecule has 1 amide bonds. The Bertz CT molecular complexity index is 646. The van der Waals surface area contributed by atoms with Gasteiger partial charge in [0, 0.05) is 19.5 Å². The molecule has 1 aromatic rings. The summed E-state index contributed by atoms with van der Waals surface area (Å²) in [7, 11) is 4.15. The average molecular weight is 407 g/mol. The van der Waals surface area contributed by atoms with Crippen LogP contribution in [-0.2, 0) is 4.79 Å². The van der Waals surface area contributed by atoms with Crippen molar-refractivity contribution in [2.24, 2.45) is 17.8 Å². The van der Waals surface area contributed by atoms with Gasteiger partial charge < -0.3 is 20.1 Å². The monoisotopic (exact) mass is 406 g/mol. The number of ether oxygens (including phenoxy) is 1. The molecule has 0 fully saturated rings. The Morgan fingerprint density at radius 3 is 2.45 bits per heavy atom. The Morgan fingerprint density at radius 1 is 1.21 bits per heavy atom. The predicted octanol–water partition coefficient (Wildman–Crippen LogP) is 4.60. The highest BCUT2D eigenvalue weighted by Crippen LogP contribution is 2.30. The average Bonchev–Trinajstić information content (AvgIpc) is 2.59. The number of nitrogens with one attached hydrogen (secondary N) is 1. The number of hydrogen-bond acceptors (Lipinski definition) is 4. The van der Waals surface area contributed by atoms with Crippen molar-refractivity contribution < 1.29 is 19.4 Å². The standard InChI is InChI=1S/C23H38N2O4/c1-7-21(17(4)15-25(5)6)19-9-8-10-20(13-19)29-23(28)24-14-18(11-16(2)3)12-22(26)27/h8-10,13,16-18,21H,7,11-12,14-15H2,1-6H3,(H,24,28)(H,26,27). The van der Waals surface area contributed by atoms with Crippen LogP contribution in [0.1, 0.15) is 58.4 Å². The smallest absolute Gasteiger partial charge is 0.412 e. The first-order valence-electron chi connectivity index (χ1n) is 10.5. The summed E-state index contributed by atoms with van der Waals surface area (Å²) in [5, 5.41) is 11.8. The largest absolute Gasteiger partial charge is 0.481 e. The number of carbonyl (C=O) groups excluding carboxylic acids is 1. The lowest BCUT2D eigenvalue weighted by Crippen LogP contribution is -2.33. The van der Waals surface area contributed by atoms with Crippen LogP contribution in [0.3, 0.4) is 0 Å². The third-order valence-electron chi connectivity index (χ3n) is 5.08. The minimum absolute atomic E-state index is 0.0376. The Kier molecular flexibility index (Phi) is 10.7. The lowest BCUT2D eigenvalue weighted by atomic mass is 9.85. The number of carboxylic acids is 1. The van der Waals surface area contributed by atoms with Crippen molar-refractivity contribution in [3.63, 3.8) is 0 Å². The van der Waals surface area contributed by atoms with E-state index in [1.807, 2.05) is 26.0 Å². The molecule has 29 heavy (non-hydrogen) atoms. The first-order chi connectivity index (χ1) is 13.6. The maximum atomic E-state index is 12.2. The van der Waals surface area contributed by atoms with E-state index < -0.39 is 12.1 Å². The molecule has 6 heteroatoms. The zero-order valence-corrected chi connectivity index (χ0v) is 18.8. The molecule has 0 aliphatic rings. The number of rotatable bonds is 12. The van der Waals surface area contributed by atoms with E-state index in [2.05, 4.69) is 44.2 Å². The molecule has 0 aliphatic carbocycles. The first-order valence-corrected chi connectivity index (χ1v) is 10.5. The number of carboxylic acid groups (broad SMARTS) is 1. The Balaban J connectivity index is 2.72. The topological polar surface area (TPSA) is 78.9 Å². The third kappa shape index (κ3) is 9.79. The molecule has 3 atom stereocenters. The fourth-order valence-corrected chi connectivity index (χ4v) is 4.00. The summed E-state index contributed by atoms with van der Waals surface area (Å²) < 4.78 is 5.46. The summed E-state index contributed by atoms with van der Waals surface area (Å²) in [5.41, 5.74) is 1.16. The second kappa shape index (κ2) is 12.5. The SMILES string of the molecule is CCC(c1cccc(OC(=O)NCC(CC(=O)O)CC(C)C)c1)C(C)CN(C)C. The molecule has 164 valence electrons. The van der Waals surface area contributed by atoms with Crippen LogP contribution in [0, 0.1) is 17.8 Å². The van der Waals surface area contributed by atoms with Crippen LogP contribution >= 0.6 is 0 Å². The summed E-state index contributed by atoms with van der Waals surface area (Å²) in [6, 6.07) is 7.70. The zero-order chi connectivity index (χ0) is 22.0. The van der Waals surface area contributed by atoms with Gasteiger partial charge in [0.1, 0.15) is 5.75 Å². The van der Waals surface area contributed by atoms with Crippen LogP contribution in [-0.4, -0.2) is 49.3 Å².